The maximum atomic E-state index is 9.40. The summed E-state index contributed by atoms with van der Waals surface area (Å²) in [6.07, 6.45) is 6.23. The Morgan fingerprint density at radius 1 is 1.36 bits per heavy atom. The second kappa shape index (κ2) is 7.29. The average molecular weight is 305 g/mol. The van der Waals surface area contributed by atoms with Crippen LogP contribution in [0.3, 0.4) is 0 Å². The number of likely N-dealkylation sites (tertiary alicyclic amines) is 1. The highest BCUT2D eigenvalue weighted by molar-refractivity contribution is 5.52. The van der Waals surface area contributed by atoms with Crippen LogP contribution in [-0.2, 0) is 0 Å². The number of aliphatic hydroxyl groups excluding tert-OH is 1. The number of pyridine rings is 1. The first-order valence-corrected chi connectivity index (χ1v) is 8.49. The molecule has 0 radical (unpaired) electrons. The Morgan fingerprint density at radius 2 is 2.18 bits per heavy atom. The molecule has 0 amide bonds. The van der Waals surface area contributed by atoms with Crippen molar-refractivity contribution in [1.29, 1.82) is 0 Å². The molecule has 0 bridgehead atoms. The van der Waals surface area contributed by atoms with Crippen molar-refractivity contribution < 1.29 is 9.84 Å². The van der Waals surface area contributed by atoms with Gasteiger partial charge in [0.2, 0.25) is 0 Å². The van der Waals surface area contributed by atoms with Gasteiger partial charge in [0.25, 0.3) is 0 Å². The molecule has 0 saturated carbocycles. The molecule has 0 aliphatic carbocycles. The largest absolute Gasteiger partial charge is 0.485 e. The molecule has 122 valence electrons. The molecule has 22 heavy (non-hydrogen) atoms. The third-order valence-corrected chi connectivity index (χ3v) is 4.54. The lowest BCUT2D eigenvalue weighted by atomic mass is 10.3. The highest BCUT2D eigenvalue weighted by atomic mass is 16.5. The number of aliphatic hydroxyl groups is 1. The van der Waals surface area contributed by atoms with Crippen LogP contribution in [0.5, 0.6) is 5.75 Å². The molecule has 2 fully saturated rings. The third-order valence-electron chi connectivity index (χ3n) is 4.54. The number of hydrogen-bond acceptors (Lipinski definition) is 5. The van der Waals surface area contributed by atoms with Crippen molar-refractivity contribution in [3.63, 3.8) is 0 Å². The van der Waals surface area contributed by atoms with Gasteiger partial charge in [-0.3, -0.25) is 4.90 Å². The van der Waals surface area contributed by atoms with Crippen LogP contribution in [0, 0.1) is 0 Å². The first-order chi connectivity index (χ1) is 10.7. The van der Waals surface area contributed by atoms with Gasteiger partial charge in [-0.25, -0.2) is 4.98 Å². The van der Waals surface area contributed by atoms with Crippen molar-refractivity contribution >= 4 is 5.82 Å². The van der Waals surface area contributed by atoms with E-state index in [2.05, 4.69) is 14.8 Å². The third kappa shape index (κ3) is 3.90. The van der Waals surface area contributed by atoms with Gasteiger partial charge in [-0.15, -0.1) is 0 Å². The molecule has 1 N–H and O–H groups in total. The molecule has 0 aromatic carbocycles. The number of anilines is 1. The normalized spacial score (nSPS) is 23.9. The van der Waals surface area contributed by atoms with Gasteiger partial charge in [0.05, 0.1) is 6.10 Å². The van der Waals surface area contributed by atoms with Gasteiger partial charge < -0.3 is 14.7 Å². The van der Waals surface area contributed by atoms with Gasteiger partial charge >= 0.3 is 0 Å². The van der Waals surface area contributed by atoms with E-state index in [0.717, 1.165) is 57.1 Å². The average Bonchev–Trinajstić information content (AvgIpc) is 3.17. The topological polar surface area (TPSA) is 48.8 Å². The van der Waals surface area contributed by atoms with E-state index in [9.17, 15) is 5.11 Å². The van der Waals surface area contributed by atoms with Gasteiger partial charge in [0.15, 0.2) is 11.6 Å². The highest BCUT2D eigenvalue weighted by Crippen LogP contribution is 2.30. The first-order valence-electron chi connectivity index (χ1n) is 8.49. The van der Waals surface area contributed by atoms with Crippen LogP contribution in [-0.4, -0.2) is 59.9 Å². The van der Waals surface area contributed by atoms with Crippen LogP contribution in [0.25, 0.3) is 0 Å². The van der Waals surface area contributed by atoms with Crippen LogP contribution >= 0.6 is 0 Å². The quantitative estimate of drug-likeness (QED) is 0.870. The molecule has 0 spiro atoms. The minimum absolute atomic E-state index is 0.222. The van der Waals surface area contributed by atoms with Crippen LogP contribution in [0.2, 0.25) is 0 Å². The van der Waals surface area contributed by atoms with Gasteiger partial charge in [0, 0.05) is 38.9 Å². The predicted octanol–water partition coefficient (Wildman–Crippen LogP) is 1.91. The number of rotatable bonds is 6. The van der Waals surface area contributed by atoms with E-state index >= 15 is 0 Å². The molecule has 5 heteroatoms. The molecule has 2 atom stereocenters. The Hall–Kier alpha value is -1.33. The van der Waals surface area contributed by atoms with Crippen LogP contribution < -0.4 is 9.64 Å². The number of nitrogens with zero attached hydrogens (tertiary/aromatic N) is 3. The predicted molar refractivity (Wildman–Crippen MR) is 87.5 cm³/mol. The maximum absolute atomic E-state index is 9.40. The Bertz CT molecular complexity index is 475. The SMILES string of the molecule is CC(O)CCN1CCC(Oc2cccnc2N2CCCC2)C1. The zero-order valence-corrected chi connectivity index (χ0v) is 13.4. The second-order valence-electron chi connectivity index (χ2n) is 6.49. The van der Waals surface area contributed by atoms with Gasteiger partial charge in [-0.05, 0) is 44.7 Å². The maximum Gasteiger partial charge on any atom is 0.171 e. The minimum Gasteiger partial charge on any atom is -0.485 e. The molecule has 2 unspecified atom stereocenters. The van der Waals surface area contributed by atoms with Crippen LogP contribution in [0.1, 0.15) is 32.6 Å². The summed E-state index contributed by atoms with van der Waals surface area (Å²) in [4.78, 5) is 9.24. The summed E-state index contributed by atoms with van der Waals surface area (Å²) in [5.74, 6) is 1.93. The fraction of sp³-hybridized carbons (Fsp3) is 0.706. The van der Waals surface area contributed by atoms with Crippen LogP contribution in [0.15, 0.2) is 18.3 Å². The minimum atomic E-state index is -0.222. The van der Waals surface area contributed by atoms with Crippen molar-refractivity contribution in [2.75, 3.05) is 37.6 Å². The summed E-state index contributed by atoms with van der Waals surface area (Å²) in [7, 11) is 0. The van der Waals surface area contributed by atoms with E-state index in [1.165, 1.54) is 12.8 Å². The lowest BCUT2D eigenvalue weighted by molar-refractivity contribution is 0.155. The van der Waals surface area contributed by atoms with Crippen molar-refractivity contribution in [1.82, 2.24) is 9.88 Å². The van der Waals surface area contributed by atoms with Crippen LogP contribution in [0.4, 0.5) is 5.82 Å². The summed E-state index contributed by atoms with van der Waals surface area (Å²) in [5.41, 5.74) is 0. The summed E-state index contributed by atoms with van der Waals surface area (Å²) < 4.78 is 6.25. The summed E-state index contributed by atoms with van der Waals surface area (Å²) in [6.45, 7) is 6.96. The lowest BCUT2D eigenvalue weighted by Gasteiger charge is -2.22. The molecule has 1 aromatic rings. The number of ether oxygens (including phenoxy) is 1. The molecule has 5 nitrogen and oxygen atoms in total. The van der Waals surface area contributed by atoms with Crippen molar-refractivity contribution in [3.05, 3.63) is 18.3 Å². The molecule has 3 rings (SSSR count). The smallest absolute Gasteiger partial charge is 0.171 e. The molecule has 2 aliphatic heterocycles. The zero-order valence-electron chi connectivity index (χ0n) is 13.4. The fourth-order valence-electron chi connectivity index (χ4n) is 3.29. The number of hydrogen-bond donors (Lipinski definition) is 1. The Labute approximate surface area is 132 Å². The molecular weight excluding hydrogens is 278 g/mol. The summed E-state index contributed by atoms with van der Waals surface area (Å²) in [6, 6.07) is 3.99. The van der Waals surface area contributed by atoms with E-state index < -0.39 is 0 Å². The summed E-state index contributed by atoms with van der Waals surface area (Å²) >= 11 is 0. The highest BCUT2D eigenvalue weighted by Gasteiger charge is 2.26. The van der Waals surface area contributed by atoms with E-state index in [-0.39, 0.29) is 12.2 Å². The van der Waals surface area contributed by atoms with Crippen molar-refractivity contribution in [2.45, 2.75) is 44.8 Å². The van der Waals surface area contributed by atoms with E-state index in [1.807, 2.05) is 25.3 Å². The van der Waals surface area contributed by atoms with Gasteiger partial charge in [-0.1, -0.05) is 0 Å². The van der Waals surface area contributed by atoms with Gasteiger partial charge in [-0.2, -0.15) is 0 Å². The fourth-order valence-corrected chi connectivity index (χ4v) is 3.29. The van der Waals surface area contributed by atoms with Crippen molar-refractivity contribution in [3.8, 4) is 5.75 Å². The van der Waals surface area contributed by atoms with Gasteiger partial charge in [0.1, 0.15) is 6.10 Å². The molecule has 3 heterocycles. The first kappa shape index (κ1) is 15.6. The monoisotopic (exact) mass is 305 g/mol. The Morgan fingerprint density at radius 3 is 2.95 bits per heavy atom. The van der Waals surface area contributed by atoms with E-state index in [0.29, 0.717) is 0 Å². The molecule has 2 aliphatic rings. The second-order valence-corrected chi connectivity index (χ2v) is 6.49. The van der Waals surface area contributed by atoms with E-state index in [1.54, 1.807) is 0 Å². The Kier molecular flexibility index (Phi) is 5.16. The molecule has 1 aromatic heterocycles. The Balaban J connectivity index is 1.57. The summed E-state index contributed by atoms with van der Waals surface area (Å²) in [5, 5.41) is 9.40. The van der Waals surface area contributed by atoms with E-state index in [4.69, 9.17) is 4.74 Å². The molecular formula is C17H27N3O2. The lowest BCUT2D eigenvalue weighted by Crippen LogP contribution is -2.28. The number of aromatic nitrogens is 1. The standard InChI is InChI=1S/C17H27N3O2/c1-14(21)6-11-19-12-7-15(13-19)22-16-5-4-8-18-17(16)20-9-2-3-10-20/h4-5,8,14-15,21H,2-3,6-7,9-13H2,1H3. The zero-order chi connectivity index (χ0) is 15.4. The molecule has 2 saturated heterocycles. The van der Waals surface area contributed by atoms with Crippen molar-refractivity contribution in [2.24, 2.45) is 0 Å².